The van der Waals surface area contributed by atoms with E-state index in [0.29, 0.717) is 21.8 Å². The molecule has 0 saturated carbocycles. The number of anilines is 2. The number of rotatable bonds is 4. The minimum Gasteiger partial charge on any atom is -0.351 e. The minimum absolute atomic E-state index is 0.0805. The van der Waals surface area contributed by atoms with Gasteiger partial charge in [0.15, 0.2) is 0 Å². The Morgan fingerprint density at radius 1 is 1.18 bits per heavy atom. The molecule has 144 valence electrons. The molecule has 3 atom stereocenters. The summed E-state index contributed by atoms with van der Waals surface area (Å²) in [6, 6.07) is 16.7. The molecule has 0 spiro atoms. The van der Waals surface area contributed by atoms with Gasteiger partial charge in [-0.25, -0.2) is 4.68 Å². The second-order valence-corrected chi connectivity index (χ2v) is 7.89. The third kappa shape index (κ3) is 3.59. The average molecular weight is 414 g/mol. The Balaban J connectivity index is 1.73. The molecule has 2 N–H and O–H groups in total. The number of amides is 1. The monoisotopic (exact) mass is 413 g/mol. The van der Waals surface area contributed by atoms with E-state index in [1.54, 1.807) is 24.3 Å². The summed E-state index contributed by atoms with van der Waals surface area (Å²) < 4.78 is 1.83. The molecule has 0 fully saturated rings. The zero-order valence-corrected chi connectivity index (χ0v) is 17.0. The SMILES string of the molecule is CSc1nc2n(n1)[C@H](c1ccccc1)[C@@H](C(=O)Nc1ccc(Cl)cc1)[C@@H](C)N2. The quantitative estimate of drug-likeness (QED) is 0.623. The Morgan fingerprint density at radius 2 is 1.89 bits per heavy atom. The van der Waals surface area contributed by atoms with Gasteiger partial charge in [-0.3, -0.25) is 4.79 Å². The van der Waals surface area contributed by atoms with Crippen molar-refractivity contribution >= 4 is 40.9 Å². The van der Waals surface area contributed by atoms with Crippen LogP contribution in [-0.4, -0.2) is 33.0 Å². The van der Waals surface area contributed by atoms with Gasteiger partial charge < -0.3 is 10.6 Å². The van der Waals surface area contributed by atoms with E-state index in [4.69, 9.17) is 11.6 Å². The van der Waals surface area contributed by atoms with Gasteiger partial charge in [0, 0.05) is 16.8 Å². The molecule has 0 bridgehead atoms. The predicted octanol–water partition coefficient (Wildman–Crippen LogP) is 4.31. The molecule has 8 heteroatoms. The first kappa shape index (κ1) is 18.8. The number of nitrogens with zero attached hydrogens (tertiary/aromatic N) is 3. The lowest BCUT2D eigenvalue weighted by molar-refractivity contribution is -0.121. The molecule has 1 aliphatic rings. The van der Waals surface area contributed by atoms with Gasteiger partial charge >= 0.3 is 0 Å². The molecule has 0 aliphatic carbocycles. The van der Waals surface area contributed by atoms with Crippen LogP contribution in [0.1, 0.15) is 18.5 Å². The van der Waals surface area contributed by atoms with Gasteiger partial charge in [0.25, 0.3) is 0 Å². The summed E-state index contributed by atoms with van der Waals surface area (Å²) in [4.78, 5) is 17.8. The fourth-order valence-corrected chi connectivity index (χ4v) is 4.00. The molecule has 28 heavy (non-hydrogen) atoms. The number of carbonyl (C=O) groups is 1. The smallest absolute Gasteiger partial charge is 0.232 e. The van der Waals surface area contributed by atoms with Crippen molar-refractivity contribution in [1.29, 1.82) is 0 Å². The van der Waals surface area contributed by atoms with E-state index in [1.165, 1.54) is 11.8 Å². The zero-order valence-electron chi connectivity index (χ0n) is 15.5. The van der Waals surface area contributed by atoms with Crippen LogP contribution in [0.4, 0.5) is 11.6 Å². The van der Waals surface area contributed by atoms with E-state index < -0.39 is 0 Å². The lowest BCUT2D eigenvalue weighted by atomic mass is 9.85. The molecular weight excluding hydrogens is 394 g/mol. The number of nitrogens with one attached hydrogen (secondary N) is 2. The molecule has 1 aliphatic heterocycles. The van der Waals surface area contributed by atoms with Crippen LogP contribution >= 0.6 is 23.4 Å². The van der Waals surface area contributed by atoms with E-state index in [9.17, 15) is 4.79 Å². The van der Waals surface area contributed by atoms with Gasteiger partial charge in [-0.1, -0.05) is 53.7 Å². The molecule has 0 unspecified atom stereocenters. The van der Waals surface area contributed by atoms with Crippen LogP contribution in [0.15, 0.2) is 59.8 Å². The van der Waals surface area contributed by atoms with E-state index in [0.717, 1.165) is 5.56 Å². The van der Waals surface area contributed by atoms with Gasteiger partial charge in [0.2, 0.25) is 17.0 Å². The van der Waals surface area contributed by atoms with Crippen LogP contribution in [0.5, 0.6) is 0 Å². The van der Waals surface area contributed by atoms with Crippen molar-refractivity contribution in [3.63, 3.8) is 0 Å². The van der Waals surface area contributed by atoms with Crippen molar-refractivity contribution in [2.24, 2.45) is 5.92 Å². The van der Waals surface area contributed by atoms with Crippen LogP contribution in [0.3, 0.4) is 0 Å². The highest BCUT2D eigenvalue weighted by atomic mass is 35.5. The fourth-order valence-electron chi connectivity index (χ4n) is 3.53. The third-order valence-electron chi connectivity index (χ3n) is 4.85. The molecule has 0 radical (unpaired) electrons. The summed E-state index contributed by atoms with van der Waals surface area (Å²) in [7, 11) is 0. The maximum atomic E-state index is 13.3. The first-order valence-corrected chi connectivity index (χ1v) is 10.6. The number of thioether (sulfide) groups is 1. The van der Waals surface area contributed by atoms with Gasteiger partial charge in [0.05, 0.1) is 12.0 Å². The first-order chi connectivity index (χ1) is 13.6. The van der Waals surface area contributed by atoms with Crippen molar-refractivity contribution in [2.75, 3.05) is 16.9 Å². The number of aromatic nitrogens is 3. The maximum Gasteiger partial charge on any atom is 0.232 e. The summed E-state index contributed by atoms with van der Waals surface area (Å²) in [6.45, 7) is 2.00. The summed E-state index contributed by atoms with van der Waals surface area (Å²) in [6.07, 6.45) is 1.94. The largest absolute Gasteiger partial charge is 0.351 e. The maximum absolute atomic E-state index is 13.3. The fraction of sp³-hybridized carbons (Fsp3) is 0.250. The van der Waals surface area contributed by atoms with Crippen molar-refractivity contribution in [3.05, 3.63) is 65.2 Å². The molecule has 1 aromatic heterocycles. The molecular formula is C20H20ClN5OS. The second-order valence-electron chi connectivity index (χ2n) is 6.68. The lowest BCUT2D eigenvalue weighted by Gasteiger charge is -2.36. The van der Waals surface area contributed by atoms with Crippen molar-refractivity contribution < 1.29 is 4.79 Å². The Labute approximate surface area is 172 Å². The van der Waals surface area contributed by atoms with E-state index in [1.807, 2.05) is 48.2 Å². The number of hydrogen-bond donors (Lipinski definition) is 2. The summed E-state index contributed by atoms with van der Waals surface area (Å²) in [5, 5.41) is 12.3. The molecule has 0 saturated heterocycles. The molecule has 1 amide bonds. The van der Waals surface area contributed by atoms with Crippen LogP contribution in [0.25, 0.3) is 0 Å². The van der Waals surface area contributed by atoms with Crippen LogP contribution < -0.4 is 10.6 Å². The molecule has 6 nitrogen and oxygen atoms in total. The van der Waals surface area contributed by atoms with Gasteiger partial charge in [-0.15, -0.1) is 5.10 Å². The normalized spacial score (nSPS) is 20.9. The number of halogens is 1. The van der Waals surface area contributed by atoms with Crippen LogP contribution in [-0.2, 0) is 4.79 Å². The molecule has 2 heterocycles. The highest BCUT2D eigenvalue weighted by molar-refractivity contribution is 7.98. The van der Waals surface area contributed by atoms with Crippen LogP contribution in [0, 0.1) is 5.92 Å². The highest BCUT2D eigenvalue weighted by Crippen LogP contribution is 2.37. The average Bonchev–Trinajstić information content (AvgIpc) is 3.12. The Hall–Kier alpha value is -2.51. The number of carbonyl (C=O) groups excluding carboxylic acids is 1. The standard InChI is InChI=1S/C20H20ClN5OS/c1-12-16(18(27)23-15-10-8-14(21)9-11-15)17(13-6-4-3-5-7-13)26-19(22-12)24-20(25-26)28-2/h3-12,16-17H,1-2H3,(H,23,27)(H,22,24,25)/t12-,16+,17-/m1/s1. The zero-order chi connectivity index (χ0) is 19.7. The Kier molecular flexibility index (Phi) is 5.28. The van der Waals surface area contributed by atoms with Crippen LogP contribution in [0.2, 0.25) is 5.02 Å². The second kappa shape index (κ2) is 7.85. The molecule has 2 aromatic carbocycles. The summed E-state index contributed by atoms with van der Waals surface area (Å²) in [5.74, 6) is 0.228. The molecule has 3 aromatic rings. The highest BCUT2D eigenvalue weighted by Gasteiger charge is 2.41. The van der Waals surface area contributed by atoms with E-state index in [-0.39, 0.29) is 23.9 Å². The number of benzene rings is 2. The van der Waals surface area contributed by atoms with Crippen molar-refractivity contribution in [1.82, 2.24) is 14.8 Å². The topological polar surface area (TPSA) is 71.8 Å². The first-order valence-electron chi connectivity index (χ1n) is 8.95. The number of hydrogen-bond acceptors (Lipinski definition) is 5. The van der Waals surface area contributed by atoms with Crippen molar-refractivity contribution in [3.8, 4) is 0 Å². The van der Waals surface area contributed by atoms with E-state index >= 15 is 0 Å². The van der Waals surface area contributed by atoms with Crippen molar-refractivity contribution in [2.45, 2.75) is 24.2 Å². The van der Waals surface area contributed by atoms with Gasteiger partial charge in [0.1, 0.15) is 0 Å². The van der Waals surface area contributed by atoms with Gasteiger partial charge in [-0.2, -0.15) is 4.98 Å². The van der Waals surface area contributed by atoms with E-state index in [2.05, 4.69) is 20.7 Å². The predicted molar refractivity (Wildman–Crippen MR) is 113 cm³/mol. The Morgan fingerprint density at radius 3 is 2.57 bits per heavy atom. The Bertz CT molecular complexity index is 976. The lowest BCUT2D eigenvalue weighted by Crippen LogP contribution is -2.46. The molecule has 4 rings (SSSR count). The minimum atomic E-state index is -0.373. The summed E-state index contributed by atoms with van der Waals surface area (Å²) in [5.41, 5.74) is 1.73. The van der Waals surface area contributed by atoms with Gasteiger partial charge in [-0.05, 0) is 43.0 Å². The number of fused-ring (bicyclic) bond motifs is 1. The summed E-state index contributed by atoms with van der Waals surface area (Å²) >= 11 is 7.43. The third-order valence-corrected chi connectivity index (χ3v) is 5.64.